The number of anilines is 1. The van der Waals surface area contributed by atoms with E-state index in [-0.39, 0.29) is 12.5 Å². The van der Waals surface area contributed by atoms with Gasteiger partial charge in [0.15, 0.2) is 0 Å². The Balaban J connectivity index is 1.89. The average Bonchev–Trinajstić information content (AvgIpc) is 2.80. The average molecular weight is 322 g/mol. The maximum absolute atomic E-state index is 11.8. The van der Waals surface area contributed by atoms with Gasteiger partial charge < -0.3 is 10.6 Å². The fourth-order valence-corrected chi connectivity index (χ4v) is 3.18. The summed E-state index contributed by atoms with van der Waals surface area (Å²) in [6, 6.07) is 3.49. The lowest BCUT2D eigenvalue weighted by molar-refractivity contribution is -0.120. The zero-order valence-electron chi connectivity index (χ0n) is 10.3. The molecule has 0 aromatic heterocycles. The minimum Gasteiger partial charge on any atom is -0.374 e. The molecule has 1 fully saturated rings. The molecule has 1 aliphatic carbocycles. The van der Waals surface area contributed by atoms with Crippen molar-refractivity contribution in [3.8, 4) is 0 Å². The van der Waals surface area contributed by atoms with Crippen LogP contribution in [0.15, 0.2) is 12.1 Å². The molecule has 1 aliphatic rings. The Kier molecular flexibility index (Phi) is 5.20. The molecule has 0 saturated heterocycles. The van der Waals surface area contributed by atoms with Gasteiger partial charge in [-0.05, 0) is 25.0 Å². The molecule has 6 heteroatoms. The molecule has 1 amide bonds. The number of rotatable bonds is 4. The zero-order valence-corrected chi connectivity index (χ0v) is 12.6. The van der Waals surface area contributed by atoms with E-state index in [1.165, 1.54) is 12.8 Å². The molecule has 0 unspecified atom stereocenters. The molecular formula is C13H15Cl3N2O. The summed E-state index contributed by atoms with van der Waals surface area (Å²) in [4.78, 5) is 11.8. The van der Waals surface area contributed by atoms with Gasteiger partial charge in [-0.2, -0.15) is 0 Å². The van der Waals surface area contributed by atoms with E-state index in [1.807, 2.05) is 0 Å². The van der Waals surface area contributed by atoms with E-state index in [9.17, 15) is 4.79 Å². The molecule has 2 N–H and O–H groups in total. The van der Waals surface area contributed by atoms with Crippen LogP contribution in [-0.2, 0) is 4.79 Å². The normalized spacial score (nSPS) is 15.5. The van der Waals surface area contributed by atoms with Gasteiger partial charge in [-0.1, -0.05) is 47.6 Å². The summed E-state index contributed by atoms with van der Waals surface area (Å²) in [5.74, 6) is -0.0472. The first kappa shape index (κ1) is 14.8. The topological polar surface area (TPSA) is 41.1 Å². The molecule has 3 nitrogen and oxygen atoms in total. The fraction of sp³-hybridized carbons (Fsp3) is 0.462. The molecule has 0 heterocycles. The molecule has 1 aromatic carbocycles. The van der Waals surface area contributed by atoms with Gasteiger partial charge in [-0.15, -0.1) is 0 Å². The van der Waals surface area contributed by atoms with E-state index < -0.39 is 0 Å². The Morgan fingerprint density at radius 3 is 2.32 bits per heavy atom. The van der Waals surface area contributed by atoms with Gasteiger partial charge in [0.1, 0.15) is 0 Å². The third-order valence-electron chi connectivity index (χ3n) is 3.15. The van der Waals surface area contributed by atoms with Crippen LogP contribution in [0.25, 0.3) is 0 Å². The standard InChI is InChI=1S/C13H15Cl3N2O/c14-8-5-10(15)13(11(16)6-8)17-7-12(19)18-9-3-1-2-4-9/h5-6,9,17H,1-4,7H2,(H,18,19). The third kappa shape index (κ3) is 4.16. The molecule has 0 radical (unpaired) electrons. The second-order valence-electron chi connectivity index (χ2n) is 4.65. The van der Waals surface area contributed by atoms with Crippen LogP contribution in [0, 0.1) is 0 Å². The number of halogens is 3. The quantitative estimate of drug-likeness (QED) is 0.876. The van der Waals surface area contributed by atoms with Crippen LogP contribution in [0.2, 0.25) is 15.1 Å². The highest BCUT2D eigenvalue weighted by molar-refractivity contribution is 6.41. The largest absolute Gasteiger partial charge is 0.374 e. The van der Waals surface area contributed by atoms with Crippen molar-refractivity contribution in [2.45, 2.75) is 31.7 Å². The number of hydrogen-bond donors (Lipinski definition) is 2. The Labute approximate surface area is 127 Å². The van der Waals surface area contributed by atoms with Crippen LogP contribution in [0.3, 0.4) is 0 Å². The summed E-state index contributed by atoms with van der Waals surface area (Å²) < 4.78 is 0. The van der Waals surface area contributed by atoms with Crippen LogP contribution in [-0.4, -0.2) is 18.5 Å². The number of nitrogens with one attached hydrogen (secondary N) is 2. The molecule has 0 bridgehead atoms. The predicted molar refractivity (Wildman–Crippen MR) is 80.4 cm³/mol. The second-order valence-corrected chi connectivity index (χ2v) is 5.90. The highest BCUT2D eigenvalue weighted by atomic mass is 35.5. The Hall–Kier alpha value is -0.640. The molecule has 1 saturated carbocycles. The Morgan fingerprint density at radius 2 is 1.74 bits per heavy atom. The van der Waals surface area contributed by atoms with E-state index in [1.54, 1.807) is 12.1 Å². The van der Waals surface area contributed by atoms with Crippen LogP contribution in [0.1, 0.15) is 25.7 Å². The minimum absolute atomic E-state index is 0.0472. The number of carbonyl (C=O) groups excluding carboxylic acids is 1. The fourth-order valence-electron chi connectivity index (χ4n) is 2.23. The Bertz CT molecular complexity index is 450. The van der Waals surface area contributed by atoms with Crippen molar-refractivity contribution in [1.29, 1.82) is 0 Å². The highest BCUT2D eigenvalue weighted by Gasteiger charge is 2.17. The van der Waals surface area contributed by atoms with Crippen molar-refractivity contribution in [2.24, 2.45) is 0 Å². The van der Waals surface area contributed by atoms with Crippen LogP contribution in [0.5, 0.6) is 0 Å². The molecule has 1 aromatic rings. The number of amides is 1. The number of benzene rings is 1. The van der Waals surface area contributed by atoms with Crippen molar-refractivity contribution < 1.29 is 4.79 Å². The lowest BCUT2D eigenvalue weighted by Crippen LogP contribution is -2.36. The smallest absolute Gasteiger partial charge is 0.239 e. The van der Waals surface area contributed by atoms with E-state index >= 15 is 0 Å². The number of carbonyl (C=O) groups is 1. The first-order valence-corrected chi connectivity index (χ1v) is 7.37. The number of hydrogen-bond acceptors (Lipinski definition) is 2. The van der Waals surface area contributed by atoms with Crippen LogP contribution >= 0.6 is 34.8 Å². The van der Waals surface area contributed by atoms with Crippen molar-refractivity contribution in [2.75, 3.05) is 11.9 Å². The van der Waals surface area contributed by atoms with Gasteiger partial charge in [-0.3, -0.25) is 4.79 Å². The molecule has 0 spiro atoms. The van der Waals surface area contributed by atoms with Crippen molar-refractivity contribution in [3.63, 3.8) is 0 Å². The summed E-state index contributed by atoms with van der Waals surface area (Å²) in [7, 11) is 0. The lowest BCUT2D eigenvalue weighted by Gasteiger charge is -2.14. The van der Waals surface area contributed by atoms with Gasteiger partial charge in [0.2, 0.25) is 5.91 Å². The monoisotopic (exact) mass is 320 g/mol. The van der Waals surface area contributed by atoms with E-state index in [0.29, 0.717) is 26.8 Å². The molecule has 0 aliphatic heterocycles. The van der Waals surface area contributed by atoms with Gasteiger partial charge >= 0.3 is 0 Å². The summed E-state index contributed by atoms with van der Waals surface area (Å²) in [6.07, 6.45) is 4.50. The predicted octanol–water partition coefficient (Wildman–Crippen LogP) is 4.12. The zero-order chi connectivity index (χ0) is 13.8. The first-order valence-electron chi connectivity index (χ1n) is 6.24. The van der Waals surface area contributed by atoms with E-state index in [4.69, 9.17) is 34.8 Å². The van der Waals surface area contributed by atoms with Crippen LogP contribution in [0.4, 0.5) is 5.69 Å². The minimum atomic E-state index is -0.0472. The highest BCUT2D eigenvalue weighted by Crippen LogP contribution is 2.33. The van der Waals surface area contributed by atoms with E-state index in [0.717, 1.165) is 12.8 Å². The maximum atomic E-state index is 11.8. The molecule has 2 rings (SSSR count). The van der Waals surface area contributed by atoms with Gasteiger partial charge in [0, 0.05) is 11.1 Å². The first-order chi connectivity index (χ1) is 9.06. The van der Waals surface area contributed by atoms with Gasteiger partial charge in [0.25, 0.3) is 0 Å². The van der Waals surface area contributed by atoms with Crippen LogP contribution < -0.4 is 10.6 Å². The summed E-state index contributed by atoms with van der Waals surface area (Å²) >= 11 is 17.9. The summed E-state index contributed by atoms with van der Waals surface area (Å²) in [6.45, 7) is 0.150. The molecule has 19 heavy (non-hydrogen) atoms. The van der Waals surface area contributed by atoms with E-state index in [2.05, 4.69) is 10.6 Å². The van der Waals surface area contributed by atoms with Crippen molar-refractivity contribution >= 4 is 46.4 Å². The maximum Gasteiger partial charge on any atom is 0.239 e. The third-order valence-corrected chi connectivity index (χ3v) is 3.97. The summed E-state index contributed by atoms with van der Waals surface area (Å²) in [5.41, 5.74) is 0.536. The van der Waals surface area contributed by atoms with Crippen molar-refractivity contribution in [3.05, 3.63) is 27.2 Å². The van der Waals surface area contributed by atoms with Crippen molar-refractivity contribution in [1.82, 2.24) is 5.32 Å². The molecule has 104 valence electrons. The van der Waals surface area contributed by atoms with Gasteiger partial charge in [-0.25, -0.2) is 0 Å². The Morgan fingerprint density at radius 1 is 1.16 bits per heavy atom. The second kappa shape index (κ2) is 6.69. The summed E-state index contributed by atoms with van der Waals surface area (Å²) in [5, 5.41) is 7.22. The van der Waals surface area contributed by atoms with Gasteiger partial charge in [0.05, 0.1) is 22.3 Å². The molecular weight excluding hydrogens is 307 g/mol. The molecule has 0 atom stereocenters. The lowest BCUT2D eigenvalue weighted by atomic mass is 10.2. The SMILES string of the molecule is O=C(CNc1c(Cl)cc(Cl)cc1Cl)NC1CCCC1.